The number of ketones is 1. The summed E-state index contributed by atoms with van der Waals surface area (Å²) in [5.74, 6) is 0.199. The highest BCUT2D eigenvalue weighted by molar-refractivity contribution is 5.96. The van der Waals surface area contributed by atoms with E-state index >= 15 is 0 Å². The zero-order valence-corrected chi connectivity index (χ0v) is 15.2. The molecule has 1 N–H and O–H groups in total. The van der Waals surface area contributed by atoms with Crippen LogP contribution in [0.4, 0.5) is 5.69 Å². The number of hydrogen-bond donors (Lipinski definition) is 1. The van der Waals surface area contributed by atoms with Gasteiger partial charge in [0.2, 0.25) is 11.8 Å². The molecule has 0 bridgehead atoms. The molecule has 0 spiro atoms. The molecule has 2 amide bonds. The number of carbonyl (C=O) groups excluding carboxylic acids is 3. The normalized spacial score (nSPS) is 19.2. The molecule has 140 valence electrons. The molecular formula is C20H26N2O4. The van der Waals surface area contributed by atoms with Crippen LogP contribution in [-0.4, -0.2) is 48.8 Å². The minimum atomic E-state index is -0.0822. The van der Waals surface area contributed by atoms with Crippen molar-refractivity contribution in [2.45, 2.75) is 32.6 Å². The lowest BCUT2D eigenvalue weighted by molar-refractivity contribution is -0.141. The van der Waals surface area contributed by atoms with Crippen molar-refractivity contribution in [3.05, 3.63) is 29.8 Å². The molecule has 1 aromatic rings. The minimum absolute atomic E-state index is 0.00411. The summed E-state index contributed by atoms with van der Waals surface area (Å²) in [4.78, 5) is 38.2. The van der Waals surface area contributed by atoms with Crippen LogP contribution >= 0.6 is 0 Å². The Balaban J connectivity index is 1.48. The molecule has 0 aromatic heterocycles. The van der Waals surface area contributed by atoms with Crippen molar-refractivity contribution in [3.63, 3.8) is 0 Å². The average molecular weight is 358 g/mol. The van der Waals surface area contributed by atoms with Gasteiger partial charge in [-0.05, 0) is 56.9 Å². The van der Waals surface area contributed by atoms with Gasteiger partial charge in [0.05, 0.1) is 0 Å². The van der Waals surface area contributed by atoms with Crippen LogP contribution in [0.15, 0.2) is 24.3 Å². The number of carbonyl (C=O) groups is 3. The van der Waals surface area contributed by atoms with Crippen molar-refractivity contribution in [1.82, 2.24) is 4.90 Å². The number of Topliss-reactive ketones (excluding diaryl/α,β-unsaturated/α-hetero) is 1. The molecule has 0 saturated carbocycles. The molecule has 0 aliphatic carbocycles. The fraction of sp³-hybridized carbons (Fsp3) is 0.550. The molecule has 3 rings (SSSR count). The summed E-state index contributed by atoms with van der Waals surface area (Å²) in [5, 5.41) is 2.91. The quantitative estimate of drug-likeness (QED) is 0.839. The summed E-state index contributed by atoms with van der Waals surface area (Å²) in [5.41, 5.74) is 1.32. The lowest BCUT2D eigenvalue weighted by Gasteiger charge is -2.34. The van der Waals surface area contributed by atoms with E-state index in [2.05, 4.69) is 5.32 Å². The number of hydrogen-bond acceptors (Lipinski definition) is 4. The Bertz CT molecular complexity index is 657. The molecule has 2 aliphatic heterocycles. The number of anilines is 1. The van der Waals surface area contributed by atoms with Crippen molar-refractivity contribution < 1.29 is 19.1 Å². The van der Waals surface area contributed by atoms with Crippen LogP contribution < -0.4 is 5.32 Å². The third kappa shape index (κ3) is 4.49. The topological polar surface area (TPSA) is 75.7 Å². The largest absolute Gasteiger partial charge is 0.381 e. The second-order valence-corrected chi connectivity index (χ2v) is 7.11. The van der Waals surface area contributed by atoms with Crippen LogP contribution in [-0.2, 0) is 14.3 Å². The maximum absolute atomic E-state index is 12.5. The van der Waals surface area contributed by atoms with Gasteiger partial charge >= 0.3 is 0 Å². The highest BCUT2D eigenvalue weighted by atomic mass is 16.5. The molecule has 26 heavy (non-hydrogen) atoms. The van der Waals surface area contributed by atoms with Crippen LogP contribution in [0.1, 0.15) is 43.0 Å². The fourth-order valence-corrected chi connectivity index (χ4v) is 3.60. The van der Waals surface area contributed by atoms with Crippen LogP contribution in [0.5, 0.6) is 0 Å². The molecule has 2 aliphatic rings. The SMILES string of the molecule is CC(=O)c1ccc(NC(=O)C2CCN(C(=O)C3CCOCC3)CC2)cc1. The third-order valence-corrected chi connectivity index (χ3v) is 5.31. The van der Waals surface area contributed by atoms with Crippen molar-refractivity contribution in [1.29, 1.82) is 0 Å². The average Bonchev–Trinajstić information content (AvgIpc) is 2.68. The van der Waals surface area contributed by atoms with E-state index in [4.69, 9.17) is 4.74 Å². The summed E-state index contributed by atoms with van der Waals surface area (Å²) < 4.78 is 5.32. The van der Waals surface area contributed by atoms with Crippen molar-refractivity contribution >= 4 is 23.3 Å². The van der Waals surface area contributed by atoms with E-state index in [1.165, 1.54) is 6.92 Å². The lowest BCUT2D eigenvalue weighted by atomic mass is 9.93. The number of ether oxygens (including phenoxy) is 1. The first-order valence-electron chi connectivity index (χ1n) is 9.33. The van der Waals surface area contributed by atoms with E-state index < -0.39 is 0 Å². The predicted molar refractivity (Wildman–Crippen MR) is 97.9 cm³/mol. The van der Waals surface area contributed by atoms with E-state index in [-0.39, 0.29) is 29.4 Å². The first kappa shape index (κ1) is 18.6. The second-order valence-electron chi connectivity index (χ2n) is 7.11. The number of nitrogens with zero attached hydrogens (tertiary/aromatic N) is 1. The maximum Gasteiger partial charge on any atom is 0.227 e. The minimum Gasteiger partial charge on any atom is -0.381 e. The molecule has 1 aromatic carbocycles. The highest BCUT2D eigenvalue weighted by Crippen LogP contribution is 2.24. The van der Waals surface area contributed by atoms with Gasteiger partial charge in [-0.3, -0.25) is 14.4 Å². The summed E-state index contributed by atoms with van der Waals surface area (Å²) in [6, 6.07) is 6.93. The summed E-state index contributed by atoms with van der Waals surface area (Å²) in [6.45, 7) is 4.12. The maximum atomic E-state index is 12.5. The number of likely N-dealkylation sites (tertiary alicyclic amines) is 1. The fourth-order valence-electron chi connectivity index (χ4n) is 3.60. The Hall–Kier alpha value is -2.21. The zero-order chi connectivity index (χ0) is 18.5. The lowest BCUT2D eigenvalue weighted by Crippen LogP contribution is -2.45. The molecule has 0 radical (unpaired) electrons. The van der Waals surface area contributed by atoms with E-state index in [1.54, 1.807) is 24.3 Å². The molecule has 0 atom stereocenters. The smallest absolute Gasteiger partial charge is 0.227 e. The van der Waals surface area contributed by atoms with E-state index in [0.29, 0.717) is 50.4 Å². The Morgan fingerprint density at radius 1 is 0.962 bits per heavy atom. The highest BCUT2D eigenvalue weighted by Gasteiger charge is 2.31. The predicted octanol–water partition coefficient (Wildman–Crippen LogP) is 2.49. The number of amides is 2. The summed E-state index contributed by atoms with van der Waals surface area (Å²) in [7, 11) is 0. The summed E-state index contributed by atoms with van der Waals surface area (Å²) in [6.07, 6.45) is 2.98. The van der Waals surface area contributed by atoms with Gasteiger partial charge in [-0.15, -0.1) is 0 Å². The van der Waals surface area contributed by atoms with Crippen molar-refractivity contribution in [2.24, 2.45) is 11.8 Å². The van der Waals surface area contributed by atoms with E-state index in [0.717, 1.165) is 12.8 Å². The molecule has 2 heterocycles. The van der Waals surface area contributed by atoms with Gasteiger partial charge in [0.1, 0.15) is 0 Å². The number of rotatable bonds is 4. The Morgan fingerprint density at radius 3 is 2.15 bits per heavy atom. The Kier molecular flexibility index (Phi) is 6.04. The Labute approximate surface area is 153 Å². The molecule has 0 unspecified atom stereocenters. The standard InChI is InChI=1S/C20H26N2O4/c1-14(23)15-2-4-18(5-3-15)21-19(24)16-6-10-22(11-7-16)20(25)17-8-12-26-13-9-17/h2-5,16-17H,6-13H2,1H3,(H,21,24). The Morgan fingerprint density at radius 2 is 1.58 bits per heavy atom. The number of benzene rings is 1. The van der Waals surface area contributed by atoms with Crippen LogP contribution in [0.2, 0.25) is 0 Å². The van der Waals surface area contributed by atoms with Gasteiger partial charge in [-0.25, -0.2) is 0 Å². The van der Waals surface area contributed by atoms with Gasteiger partial charge in [-0.2, -0.15) is 0 Å². The van der Waals surface area contributed by atoms with E-state index in [9.17, 15) is 14.4 Å². The zero-order valence-electron chi connectivity index (χ0n) is 15.2. The first-order valence-corrected chi connectivity index (χ1v) is 9.33. The number of nitrogens with one attached hydrogen (secondary N) is 1. The van der Waals surface area contributed by atoms with Gasteiger partial charge in [-0.1, -0.05) is 0 Å². The third-order valence-electron chi connectivity index (χ3n) is 5.31. The molecule has 2 saturated heterocycles. The van der Waals surface area contributed by atoms with Crippen LogP contribution in [0.25, 0.3) is 0 Å². The van der Waals surface area contributed by atoms with Gasteiger partial charge in [0, 0.05) is 49.4 Å². The molecule has 6 nitrogen and oxygen atoms in total. The van der Waals surface area contributed by atoms with E-state index in [1.807, 2.05) is 4.90 Å². The molecule has 6 heteroatoms. The van der Waals surface area contributed by atoms with Crippen molar-refractivity contribution in [3.8, 4) is 0 Å². The molecule has 2 fully saturated rings. The van der Waals surface area contributed by atoms with Crippen LogP contribution in [0.3, 0.4) is 0 Å². The van der Waals surface area contributed by atoms with Gasteiger partial charge < -0.3 is 15.0 Å². The van der Waals surface area contributed by atoms with Crippen LogP contribution in [0, 0.1) is 11.8 Å². The van der Waals surface area contributed by atoms with Crippen molar-refractivity contribution in [2.75, 3.05) is 31.6 Å². The monoisotopic (exact) mass is 358 g/mol. The first-order chi connectivity index (χ1) is 12.5. The second kappa shape index (κ2) is 8.45. The number of piperidine rings is 1. The summed E-state index contributed by atoms with van der Waals surface area (Å²) >= 11 is 0. The van der Waals surface area contributed by atoms with Gasteiger partial charge in [0.15, 0.2) is 5.78 Å². The van der Waals surface area contributed by atoms with Gasteiger partial charge in [0.25, 0.3) is 0 Å². The molecular weight excluding hydrogens is 332 g/mol.